The molecule has 200 valence electrons. The third-order valence-electron chi connectivity index (χ3n) is 8.16. The fraction of sp³-hybridized carbons (Fsp3) is 0.483. The van der Waals surface area contributed by atoms with Crippen LogP contribution in [0.3, 0.4) is 0 Å². The third kappa shape index (κ3) is 4.71. The van der Waals surface area contributed by atoms with Crippen LogP contribution in [-0.4, -0.2) is 72.0 Å². The Morgan fingerprint density at radius 1 is 0.921 bits per heavy atom. The van der Waals surface area contributed by atoms with Crippen molar-refractivity contribution in [3.05, 3.63) is 53.6 Å². The molecule has 0 bridgehead atoms. The molecule has 3 heterocycles. The molecule has 38 heavy (non-hydrogen) atoms. The van der Waals surface area contributed by atoms with Crippen molar-refractivity contribution in [3.63, 3.8) is 0 Å². The summed E-state index contributed by atoms with van der Waals surface area (Å²) < 4.78 is 18.1. The Balaban J connectivity index is 1.09. The van der Waals surface area contributed by atoms with E-state index in [-0.39, 0.29) is 30.4 Å². The lowest BCUT2D eigenvalue weighted by atomic mass is 9.89. The van der Waals surface area contributed by atoms with E-state index in [9.17, 15) is 14.4 Å². The number of carbonyl (C=O) groups is 3. The molecule has 1 saturated carbocycles. The maximum atomic E-state index is 13.0. The van der Waals surface area contributed by atoms with Gasteiger partial charge in [0, 0.05) is 37.7 Å². The number of nitrogens with zero attached hydrogens (tertiary/aromatic N) is 2. The van der Waals surface area contributed by atoms with Gasteiger partial charge in [-0.15, -0.1) is 0 Å². The highest BCUT2D eigenvalue weighted by molar-refractivity contribution is 6.05. The number of para-hydroxylation sites is 2. The van der Waals surface area contributed by atoms with Crippen LogP contribution in [0.15, 0.2) is 42.5 Å². The van der Waals surface area contributed by atoms with Gasteiger partial charge in [0.1, 0.15) is 24.0 Å². The van der Waals surface area contributed by atoms with Crippen LogP contribution < -0.4 is 19.5 Å². The molecule has 1 unspecified atom stereocenters. The second kappa shape index (κ2) is 10.3. The predicted molar refractivity (Wildman–Crippen MR) is 138 cm³/mol. The van der Waals surface area contributed by atoms with Crippen LogP contribution in [0.25, 0.3) is 0 Å². The highest BCUT2D eigenvalue weighted by Crippen LogP contribution is 2.35. The van der Waals surface area contributed by atoms with Gasteiger partial charge in [-0.1, -0.05) is 18.6 Å². The van der Waals surface area contributed by atoms with E-state index >= 15 is 0 Å². The van der Waals surface area contributed by atoms with Crippen LogP contribution in [0.5, 0.6) is 17.2 Å². The number of hydrogen-bond donors (Lipinski definition) is 1. The zero-order valence-electron chi connectivity index (χ0n) is 21.6. The van der Waals surface area contributed by atoms with Gasteiger partial charge in [0.25, 0.3) is 5.91 Å². The van der Waals surface area contributed by atoms with Crippen LogP contribution in [0.4, 0.5) is 0 Å². The number of amides is 3. The average molecular weight is 520 g/mol. The van der Waals surface area contributed by atoms with E-state index in [4.69, 9.17) is 14.2 Å². The first kappa shape index (κ1) is 24.7. The summed E-state index contributed by atoms with van der Waals surface area (Å²) in [5, 5.41) is 2.35. The molecule has 6 rings (SSSR count). The molecule has 9 heteroatoms. The Morgan fingerprint density at radius 2 is 1.71 bits per heavy atom. The Hall–Kier alpha value is -3.59. The predicted octanol–water partition coefficient (Wildman–Crippen LogP) is 2.91. The van der Waals surface area contributed by atoms with Gasteiger partial charge in [-0.3, -0.25) is 24.6 Å². The smallest absolute Gasteiger partial charge is 0.255 e. The number of carbonyl (C=O) groups excluding carboxylic acids is 3. The van der Waals surface area contributed by atoms with Crippen molar-refractivity contribution in [1.29, 1.82) is 0 Å². The second-order valence-electron chi connectivity index (χ2n) is 10.6. The lowest BCUT2D eigenvalue weighted by molar-refractivity contribution is -0.136. The van der Waals surface area contributed by atoms with Crippen LogP contribution >= 0.6 is 0 Å². The van der Waals surface area contributed by atoms with Gasteiger partial charge in [0.15, 0.2) is 11.5 Å². The number of fused-ring (bicyclic) bond motifs is 1. The number of piperidine rings is 1. The number of imide groups is 1. The van der Waals surface area contributed by atoms with E-state index in [0.29, 0.717) is 24.6 Å². The monoisotopic (exact) mass is 519 g/mol. The van der Waals surface area contributed by atoms with Crippen LogP contribution in [0.1, 0.15) is 54.4 Å². The number of likely N-dealkylation sites (tertiary alicyclic amines) is 1. The summed E-state index contributed by atoms with van der Waals surface area (Å²) in [7, 11) is 1.65. The second-order valence-corrected chi connectivity index (χ2v) is 10.6. The van der Waals surface area contributed by atoms with Crippen molar-refractivity contribution < 1.29 is 28.6 Å². The van der Waals surface area contributed by atoms with Crippen molar-refractivity contribution in [2.24, 2.45) is 0 Å². The summed E-state index contributed by atoms with van der Waals surface area (Å²) >= 11 is 0. The first-order chi connectivity index (χ1) is 18.5. The maximum absolute atomic E-state index is 13.0. The van der Waals surface area contributed by atoms with Crippen LogP contribution in [0.2, 0.25) is 0 Å². The van der Waals surface area contributed by atoms with Gasteiger partial charge in [-0.2, -0.15) is 0 Å². The summed E-state index contributed by atoms with van der Waals surface area (Å²) in [6.45, 7) is 2.05. The fourth-order valence-electron chi connectivity index (χ4n) is 6.14. The lowest BCUT2D eigenvalue weighted by Crippen LogP contribution is -2.62. The quantitative estimate of drug-likeness (QED) is 0.562. The number of methoxy groups -OCH3 is 1. The van der Waals surface area contributed by atoms with Gasteiger partial charge < -0.3 is 19.1 Å². The van der Waals surface area contributed by atoms with Gasteiger partial charge in [-0.25, -0.2) is 0 Å². The van der Waals surface area contributed by atoms with Crippen molar-refractivity contribution in [2.45, 2.75) is 69.4 Å². The minimum Gasteiger partial charge on any atom is -0.493 e. The summed E-state index contributed by atoms with van der Waals surface area (Å²) in [5.41, 5.74) is 1.46. The van der Waals surface area contributed by atoms with Crippen molar-refractivity contribution in [1.82, 2.24) is 15.1 Å². The molecule has 3 amide bonds. The average Bonchev–Trinajstić information content (AvgIpc) is 3.22. The Morgan fingerprint density at radius 3 is 2.50 bits per heavy atom. The Bertz CT molecular complexity index is 1240. The summed E-state index contributed by atoms with van der Waals surface area (Å²) in [4.78, 5) is 40.9. The zero-order valence-corrected chi connectivity index (χ0v) is 21.6. The molecule has 2 aromatic rings. The zero-order chi connectivity index (χ0) is 26.2. The van der Waals surface area contributed by atoms with Crippen molar-refractivity contribution >= 4 is 17.7 Å². The minimum absolute atomic E-state index is 0.0670. The molecule has 1 N–H and O–H groups in total. The highest BCUT2D eigenvalue weighted by Gasteiger charge is 2.41. The number of nitrogens with one attached hydrogen (secondary N) is 1. The molecule has 3 fully saturated rings. The number of hydrogen-bond acceptors (Lipinski definition) is 7. The molecule has 3 atom stereocenters. The molecular formula is C29H33N3O6. The molecule has 0 aromatic heterocycles. The largest absolute Gasteiger partial charge is 0.493 e. The van der Waals surface area contributed by atoms with Gasteiger partial charge in [-0.05, 0) is 61.6 Å². The topological polar surface area (TPSA) is 97.4 Å². The number of ether oxygens (including phenoxy) is 3. The number of benzene rings is 2. The molecular weight excluding hydrogens is 486 g/mol. The van der Waals surface area contributed by atoms with Gasteiger partial charge >= 0.3 is 0 Å². The molecule has 4 aliphatic rings. The van der Waals surface area contributed by atoms with Gasteiger partial charge in [0.05, 0.1) is 7.11 Å². The molecule has 0 radical (unpaired) electrons. The van der Waals surface area contributed by atoms with Crippen LogP contribution in [0, 0.1) is 0 Å². The molecule has 2 aromatic carbocycles. The normalized spacial score (nSPS) is 26.0. The van der Waals surface area contributed by atoms with E-state index < -0.39 is 11.9 Å². The van der Waals surface area contributed by atoms with E-state index in [1.807, 2.05) is 36.4 Å². The van der Waals surface area contributed by atoms with E-state index in [1.165, 1.54) is 6.42 Å². The fourth-order valence-corrected chi connectivity index (χ4v) is 6.14. The summed E-state index contributed by atoms with van der Waals surface area (Å²) in [6.07, 6.45) is 5.16. The number of rotatable bonds is 7. The van der Waals surface area contributed by atoms with Crippen molar-refractivity contribution in [2.75, 3.05) is 20.2 Å². The molecule has 0 spiro atoms. The van der Waals surface area contributed by atoms with E-state index in [1.54, 1.807) is 18.1 Å². The minimum atomic E-state index is -0.614. The first-order valence-electron chi connectivity index (χ1n) is 13.5. The molecule has 9 nitrogen and oxygen atoms in total. The summed E-state index contributed by atoms with van der Waals surface area (Å²) in [5.74, 6) is 1.42. The van der Waals surface area contributed by atoms with E-state index in [0.717, 1.165) is 55.2 Å². The summed E-state index contributed by atoms with van der Waals surface area (Å²) in [6, 6.07) is 13.0. The van der Waals surface area contributed by atoms with E-state index in [2.05, 4.69) is 10.2 Å². The molecule has 1 aliphatic carbocycles. The maximum Gasteiger partial charge on any atom is 0.255 e. The van der Waals surface area contributed by atoms with Gasteiger partial charge in [0.2, 0.25) is 11.8 Å². The Kier molecular flexibility index (Phi) is 6.69. The standard InChI is InChI=1S/C29H33N3O6/c1-36-25-8-4-5-9-26(25)38-20-16-31(17-20)22-6-2-3-7-24(22)37-19-10-11-21-18(14-19)15-32(29(21)35)23-12-13-27(33)30-28(23)34/h4-5,8-11,14,20,22-24H,2-3,6-7,12-13,15-17H2,1H3,(H,30,33,34)/t22-,23?,24-/m1/s1. The first-order valence-corrected chi connectivity index (χ1v) is 13.5. The molecule has 3 aliphatic heterocycles. The molecule has 2 saturated heterocycles. The van der Waals surface area contributed by atoms with Crippen LogP contribution in [-0.2, 0) is 16.1 Å². The lowest BCUT2D eigenvalue weighted by Gasteiger charge is -2.47. The van der Waals surface area contributed by atoms with Crippen molar-refractivity contribution in [3.8, 4) is 17.2 Å². The third-order valence-corrected chi connectivity index (χ3v) is 8.16. The Labute approximate surface area is 222 Å². The highest BCUT2D eigenvalue weighted by atomic mass is 16.5. The SMILES string of the molecule is COc1ccccc1OC1CN([C@@H]2CCCC[C@H]2Oc2ccc3c(c2)CN(C2CCC(=O)NC2=O)C3=O)C1.